The van der Waals surface area contributed by atoms with Crippen molar-refractivity contribution in [2.45, 2.75) is 31.3 Å². The summed E-state index contributed by atoms with van der Waals surface area (Å²) in [6.07, 6.45) is 2.83. The van der Waals surface area contributed by atoms with Crippen LogP contribution in [0, 0.1) is 11.7 Å². The second kappa shape index (κ2) is 8.25. The van der Waals surface area contributed by atoms with Gasteiger partial charge in [0.2, 0.25) is 5.91 Å². The zero-order chi connectivity index (χ0) is 17.7. The van der Waals surface area contributed by atoms with Crippen molar-refractivity contribution in [3.05, 3.63) is 35.6 Å². The predicted octanol–water partition coefficient (Wildman–Crippen LogP) is 1.77. The van der Waals surface area contributed by atoms with Crippen molar-refractivity contribution < 1.29 is 23.8 Å². The molecular formula is C19H26FNO4. The van der Waals surface area contributed by atoms with Crippen LogP contribution in [-0.2, 0) is 20.7 Å². The number of ether oxygens (including phenoxy) is 2. The summed E-state index contributed by atoms with van der Waals surface area (Å²) in [7, 11) is 0. The van der Waals surface area contributed by atoms with Gasteiger partial charge in [0.05, 0.1) is 19.8 Å². The molecule has 1 aromatic carbocycles. The van der Waals surface area contributed by atoms with Crippen molar-refractivity contribution in [3.63, 3.8) is 0 Å². The maximum absolute atomic E-state index is 13.1. The number of hydrogen-bond acceptors (Lipinski definition) is 4. The highest BCUT2D eigenvalue weighted by Gasteiger charge is 2.38. The Labute approximate surface area is 147 Å². The van der Waals surface area contributed by atoms with Crippen molar-refractivity contribution in [1.29, 1.82) is 0 Å². The molecule has 0 aliphatic carbocycles. The normalized spacial score (nSPS) is 25.1. The SMILES string of the molecule is O=C(CC1CCOCC1)N1CCO[C@](CO)(Cc2ccc(F)cc2)C1. The second-order valence-electron chi connectivity index (χ2n) is 7.07. The molecule has 2 saturated heterocycles. The lowest BCUT2D eigenvalue weighted by Crippen LogP contribution is -2.57. The average molecular weight is 351 g/mol. The summed E-state index contributed by atoms with van der Waals surface area (Å²) in [6.45, 7) is 2.60. The van der Waals surface area contributed by atoms with E-state index in [1.54, 1.807) is 17.0 Å². The molecule has 2 heterocycles. The molecule has 5 nitrogen and oxygen atoms in total. The van der Waals surface area contributed by atoms with E-state index in [9.17, 15) is 14.3 Å². The molecular weight excluding hydrogens is 325 g/mol. The van der Waals surface area contributed by atoms with Gasteiger partial charge in [0.1, 0.15) is 11.4 Å². The summed E-state index contributed by atoms with van der Waals surface area (Å²) in [5.74, 6) is 0.205. The Morgan fingerprint density at radius 2 is 1.96 bits per heavy atom. The van der Waals surface area contributed by atoms with Crippen LogP contribution in [0.25, 0.3) is 0 Å². The average Bonchev–Trinajstić information content (AvgIpc) is 2.65. The van der Waals surface area contributed by atoms with Gasteiger partial charge in [0.25, 0.3) is 0 Å². The number of benzene rings is 1. The lowest BCUT2D eigenvalue weighted by molar-refractivity contribution is -0.159. The largest absolute Gasteiger partial charge is 0.393 e. The number of aliphatic hydroxyl groups excluding tert-OH is 1. The number of morpholine rings is 1. The predicted molar refractivity (Wildman–Crippen MR) is 90.6 cm³/mol. The minimum atomic E-state index is -0.818. The first-order valence-corrected chi connectivity index (χ1v) is 8.95. The number of carbonyl (C=O) groups is 1. The first-order valence-electron chi connectivity index (χ1n) is 8.95. The molecule has 1 aromatic rings. The molecule has 138 valence electrons. The number of carbonyl (C=O) groups excluding carboxylic acids is 1. The van der Waals surface area contributed by atoms with Crippen LogP contribution in [-0.4, -0.2) is 61.0 Å². The molecule has 2 fully saturated rings. The fourth-order valence-corrected chi connectivity index (χ4v) is 3.62. The topological polar surface area (TPSA) is 59.0 Å². The Bertz CT molecular complexity index is 573. The number of aliphatic hydroxyl groups is 1. The van der Waals surface area contributed by atoms with Gasteiger partial charge in [-0.05, 0) is 36.5 Å². The molecule has 1 N–H and O–H groups in total. The molecule has 0 unspecified atom stereocenters. The van der Waals surface area contributed by atoms with Crippen LogP contribution in [0.5, 0.6) is 0 Å². The summed E-state index contributed by atoms with van der Waals surface area (Å²) < 4.78 is 24.3. The fraction of sp³-hybridized carbons (Fsp3) is 0.632. The van der Waals surface area contributed by atoms with Gasteiger partial charge in [0.15, 0.2) is 0 Å². The van der Waals surface area contributed by atoms with Crippen molar-refractivity contribution in [1.82, 2.24) is 4.90 Å². The maximum atomic E-state index is 13.1. The number of halogens is 1. The fourth-order valence-electron chi connectivity index (χ4n) is 3.62. The van der Waals surface area contributed by atoms with Crippen LogP contribution in [0.1, 0.15) is 24.8 Å². The zero-order valence-electron chi connectivity index (χ0n) is 14.5. The van der Waals surface area contributed by atoms with Crippen LogP contribution in [0.4, 0.5) is 4.39 Å². The minimum Gasteiger partial charge on any atom is -0.393 e. The van der Waals surface area contributed by atoms with Crippen LogP contribution in [0.15, 0.2) is 24.3 Å². The summed E-state index contributed by atoms with van der Waals surface area (Å²) in [6, 6.07) is 6.19. The van der Waals surface area contributed by atoms with E-state index in [1.807, 2.05) is 0 Å². The van der Waals surface area contributed by atoms with E-state index < -0.39 is 5.60 Å². The van der Waals surface area contributed by atoms with Gasteiger partial charge in [-0.1, -0.05) is 12.1 Å². The second-order valence-corrected chi connectivity index (χ2v) is 7.07. The van der Waals surface area contributed by atoms with E-state index in [1.165, 1.54) is 12.1 Å². The quantitative estimate of drug-likeness (QED) is 0.878. The molecule has 2 aliphatic heterocycles. The smallest absolute Gasteiger partial charge is 0.223 e. The van der Waals surface area contributed by atoms with Crippen molar-refractivity contribution >= 4 is 5.91 Å². The van der Waals surface area contributed by atoms with Crippen molar-refractivity contribution in [2.75, 3.05) is 39.5 Å². The number of rotatable bonds is 5. The molecule has 0 spiro atoms. The Morgan fingerprint density at radius 1 is 1.24 bits per heavy atom. The van der Waals surface area contributed by atoms with Crippen LogP contribution in [0.2, 0.25) is 0 Å². The summed E-state index contributed by atoms with van der Waals surface area (Å²) in [5, 5.41) is 9.92. The zero-order valence-corrected chi connectivity index (χ0v) is 14.5. The summed E-state index contributed by atoms with van der Waals surface area (Å²) in [4.78, 5) is 14.5. The van der Waals surface area contributed by atoms with E-state index >= 15 is 0 Å². The molecule has 1 atom stereocenters. The highest BCUT2D eigenvalue weighted by Crippen LogP contribution is 2.26. The molecule has 0 aromatic heterocycles. The van der Waals surface area contributed by atoms with Gasteiger partial charge < -0.3 is 19.5 Å². The number of nitrogens with zero attached hydrogens (tertiary/aromatic N) is 1. The summed E-state index contributed by atoms with van der Waals surface area (Å²) in [5.41, 5.74) is 0.0655. The van der Waals surface area contributed by atoms with Gasteiger partial charge in [-0.3, -0.25) is 4.79 Å². The van der Waals surface area contributed by atoms with Gasteiger partial charge in [0, 0.05) is 32.6 Å². The third-order valence-electron chi connectivity index (χ3n) is 5.13. The lowest BCUT2D eigenvalue weighted by Gasteiger charge is -2.42. The van der Waals surface area contributed by atoms with Crippen LogP contribution in [0.3, 0.4) is 0 Å². The maximum Gasteiger partial charge on any atom is 0.223 e. The van der Waals surface area contributed by atoms with Gasteiger partial charge in [-0.25, -0.2) is 4.39 Å². The molecule has 1 amide bonds. The monoisotopic (exact) mass is 351 g/mol. The summed E-state index contributed by atoms with van der Waals surface area (Å²) >= 11 is 0. The molecule has 25 heavy (non-hydrogen) atoms. The highest BCUT2D eigenvalue weighted by molar-refractivity contribution is 5.76. The molecule has 0 saturated carbocycles. The third kappa shape index (κ3) is 4.77. The van der Waals surface area contributed by atoms with Crippen molar-refractivity contribution in [3.8, 4) is 0 Å². The third-order valence-corrected chi connectivity index (χ3v) is 5.13. The highest BCUT2D eigenvalue weighted by atomic mass is 19.1. The molecule has 6 heteroatoms. The van der Waals surface area contributed by atoms with E-state index in [0.717, 1.165) is 31.6 Å². The standard InChI is InChI=1S/C19H26FNO4/c20-17-3-1-16(2-4-17)12-19(14-22)13-21(7-10-25-19)18(23)11-15-5-8-24-9-6-15/h1-4,15,22H,5-14H2/t19-/m1/s1. The minimum absolute atomic E-state index is 0.118. The molecule has 0 bridgehead atoms. The van der Waals surface area contributed by atoms with Gasteiger partial charge >= 0.3 is 0 Å². The molecule has 2 aliphatic rings. The molecule has 3 rings (SSSR count). The van der Waals surface area contributed by atoms with E-state index in [4.69, 9.17) is 9.47 Å². The van der Waals surface area contributed by atoms with Crippen LogP contribution >= 0.6 is 0 Å². The number of amides is 1. The number of hydrogen-bond donors (Lipinski definition) is 1. The van der Waals surface area contributed by atoms with Gasteiger partial charge in [-0.15, -0.1) is 0 Å². The Hall–Kier alpha value is -1.50. The lowest BCUT2D eigenvalue weighted by atomic mass is 9.92. The van der Waals surface area contributed by atoms with E-state index in [2.05, 4.69) is 0 Å². The Morgan fingerprint density at radius 3 is 2.64 bits per heavy atom. The van der Waals surface area contributed by atoms with Crippen molar-refractivity contribution in [2.24, 2.45) is 5.92 Å². The van der Waals surface area contributed by atoms with E-state index in [0.29, 0.717) is 38.5 Å². The van der Waals surface area contributed by atoms with E-state index in [-0.39, 0.29) is 18.3 Å². The Balaban J connectivity index is 1.62. The van der Waals surface area contributed by atoms with Gasteiger partial charge in [-0.2, -0.15) is 0 Å². The first kappa shape index (κ1) is 18.3. The first-order chi connectivity index (χ1) is 12.1. The Kier molecular flexibility index (Phi) is 6.04. The molecule has 0 radical (unpaired) electrons. The van der Waals surface area contributed by atoms with Crippen LogP contribution < -0.4 is 0 Å².